The van der Waals surface area contributed by atoms with Gasteiger partial charge in [0.1, 0.15) is 0 Å². The number of carbonyl (C=O) groups excluding carboxylic acids is 1. The van der Waals surface area contributed by atoms with E-state index in [0.29, 0.717) is 11.6 Å². The van der Waals surface area contributed by atoms with Gasteiger partial charge in [-0.15, -0.1) is 0 Å². The smallest absolute Gasteiger partial charge is 0.351 e. The van der Waals surface area contributed by atoms with Crippen molar-refractivity contribution in [1.29, 1.82) is 0 Å². The molecule has 138 valence electrons. The minimum atomic E-state index is -0.467. The summed E-state index contributed by atoms with van der Waals surface area (Å²) in [6, 6.07) is 7.26. The second kappa shape index (κ2) is 8.33. The van der Waals surface area contributed by atoms with E-state index < -0.39 is 5.69 Å². The van der Waals surface area contributed by atoms with E-state index >= 15 is 0 Å². The summed E-state index contributed by atoms with van der Waals surface area (Å²) in [6.45, 7) is 0.157. The third-order valence-electron chi connectivity index (χ3n) is 4.30. The molecule has 0 radical (unpaired) electrons. The summed E-state index contributed by atoms with van der Waals surface area (Å²) in [5.74, 6) is -0.109. The molecule has 1 heterocycles. The summed E-state index contributed by atoms with van der Waals surface area (Å²) in [7, 11) is 0. The number of halogens is 1. The SMILES string of the molecule is O=C(COc1nc(=O)n(CCO)c2c1CCC2)NCc1ccccc1Cl. The van der Waals surface area contributed by atoms with E-state index in [-0.39, 0.29) is 31.5 Å². The molecule has 1 aliphatic rings. The lowest BCUT2D eigenvalue weighted by Crippen LogP contribution is -2.31. The molecule has 0 aliphatic heterocycles. The number of aromatic nitrogens is 2. The molecule has 2 N–H and O–H groups in total. The monoisotopic (exact) mass is 377 g/mol. The first kappa shape index (κ1) is 18.4. The Morgan fingerprint density at radius 3 is 2.92 bits per heavy atom. The third-order valence-corrected chi connectivity index (χ3v) is 4.67. The van der Waals surface area contributed by atoms with Crippen molar-refractivity contribution in [3.8, 4) is 5.88 Å². The van der Waals surface area contributed by atoms with Crippen molar-refractivity contribution < 1.29 is 14.6 Å². The van der Waals surface area contributed by atoms with Crippen molar-refractivity contribution in [3.63, 3.8) is 0 Å². The topological polar surface area (TPSA) is 93.5 Å². The number of rotatable bonds is 7. The van der Waals surface area contributed by atoms with E-state index in [1.807, 2.05) is 18.2 Å². The van der Waals surface area contributed by atoms with Gasteiger partial charge in [0.2, 0.25) is 5.88 Å². The quantitative estimate of drug-likeness (QED) is 0.753. The van der Waals surface area contributed by atoms with Gasteiger partial charge in [-0.25, -0.2) is 4.79 Å². The minimum absolute atomic E-state index is 0.126. The van der Waals surface area contributed by atoms with Crippen molar-refractivity contribution in [2.75, 3.05) is 13.2 Å². The molecule has 0 unspecified atom stereocenters. The first-order valence-electron chi connectivity index (χ1n) is 8.46. The summed E-state index contributed by atoms with van der Waals surface area (Å²) in [6.07, 6.45) is 2.37. The maximum Gasteiger partial charge on any atom is 0.351 e. The highest BCUT2D eigenvalue weighted by molar-refractivity contribution is 6.31. The second-order valence-corrected chi connectivity index (χ2v) is 6.42. The number of fused-ring (bicyclic) bond motifs is 1. The highest BCUT2D eigenvalue weighted by Gasteiger charge is 2.23. The summed E-state index contributed by atoms with van der Waals surface area (Å²) in [4.78, 5) is 28.1. The van der Waals surface area contributed by atoms with Crippen LogP contribution in [0.3, 0.4) is 0 Å². The molecule has 0 saturated carbocycles. The predicted octanol–water partition coefficient (Wildman–Crippen LogP) is 1.07. The molecule has 0 fully saturated rings. The van der Waals surface area contributed by atoms with Crippen LogP contribution in [0.1, 0.15) is 23.2 Å². The molecule has 2 aromatic rings. The number of aliphatic hydroxyl groups excluding tert-OH is 1. The lowest BCUT2D eigenvalue weighted by atomic mass is 10.2. The Bertz CT molecular complexity index is 866. The van der Waals surface area contributed by atoms with Gasteiger partial charge in [-0.2, -0.15) is 4.98 Å². The zero-order valence-corrected chi connectivity index (χ0v) is 15.0. The molecule has 0 atom stereocenters. The van der Waals surface area contributed by atoms with Crippen molar-refractivity contribution in [2.24, 2.45) is 0 Å². The van der Waals surface area contributed by atoms with Gasteiger partial charge in [-0.1, -0.05) is 29.8 Å². The fourth-order valence-corrected chi connectivity index (χ4v) is 3.26. The van der Waals surface area contributed by atoms with Crippen LogP contribution in [0, 0.1) is 0 Å². The molecule has 7 nitrogen and oxygen atoms in total. The van der Waals surface area contributed by atoms with Crippen LogP contribution in [0.4, 0.5) is 0 Å². The van der Waals surface area contributed by atoms with Gasteiger partial charge < -0.3 is 15.2 Å². The molecular formula is C18H20ClN3O4. The first-order valence-corrected chi connectivity index (χ1v) is 8.84. The Balaban J connectivity index is 1.64. The van der Waals surface area contributed by atoms with E-state index in [0.717, 1.165) is 36.1 Å². The number of hydrogen-bond acceptors (Lipinski definition) is 5. The molecule has 1 aromatic heterocycles. The van der Waals surface area contributed by atoms with Gasteiger partial charge >= 0.3 is 5.69 Å². The first-order chi connectivity index (χ1) is 12.6. The average molecular weight is 378 g/mol. The maximum atomic E-state index is 12.1. The molecule has 3 rings (SSSR count). The number of amides is 1. The highest BCUT2D eigenvalue weighted by atomic mass is 35.5. The normalized spacial score (nSPS) is 12.7. The van der Waals surface area contributed by atoms with Crippen molar-refractivity contribution in [1.82, 2.24) is 14.9 Å². The van der Waals surface area contributed by atoms with Gasteiger partial charge in [-0.3, -0.25) is 9.36 Å². The summed E-state index contributed by atoms with van der Waals surface area (Å²) >= 11 is 6.06. The molecule has 0 spiro atoms. The Morgan fingerprint density at radius 2 is 2.15 bits per heavy atom. The number of nitrogens with one attached hydrogen (secondary N) is 1. The summed E-state index contributed by atoms with van der Waals surface area (Å²) in [5, 5.41) is 12.4. The fraction of sp³-hybridized carbons (Fsp3) is 0.389. The molecule has 26 heavy (non-hydrogen) atoms. The van der Waals surface area contributed by atoms with Gasteiger partial charge in [0.25, 0.3) is 5.91 Å². The fourth-order valence-electron chi connectivity index (χ4n) is 3.06. The standard InChI is InChI=1S/C18H20ClN3O4/c19-14-6-2-1-4-12(14)10-20-16(24)11-26-17-13-5-3-7-15(13)22(8-9-23)18(25)21-17/h1-2,4,6,23H,3,5,7-11H2,(H,20,24). The van der Waals surface area contributed by atoms with Gasteiger partial charge in [0, 0.05) is 22.8 Å². The van der Waals surface area contributed by atoms with Crippen LogP contribution in [0.15, 0.2) is 29.1 Å². The number of hydrogen-bond donors (Lipinski definition) is 2. The number of nitrogens with zero attached hydrogens (tertiary/aromatic N) is 2. The van der Waals surface area contributed by atoms with Gasteiger partial charge in [0.05, 0.1) is 13.2 Å². The third kappa shape index (κ3) is 4.05. The van der Waals surface area contributed by atoms with E-state index in [1.54, 1.807) is 6.07 Å². The van der Waals surface area contributed by atoms with Crippen LogP contribution in [-0.2, 0) is 30.7 Å². The number of carbonyl (C=O) groups is 1. The average Bonchev–Trinajstić information content (AvgIpc) is 3.12. The van der Waals surface area contributed by atoms with E-state index in [9.17, 15) is 9.59 Å². The Morgan fingerprint density at radius 1 is 1.35 bits per heavy atom. The van der Waals surface area contributed by atoms with E-state index in [1.165, 1.54) is 4.57 Å². The maximum absolute atomic E-state index is 12.1. The highest BCUT2D eigenvalue weighted by Crippen LogP contribution is 2.27. The minimum Gasteiger partial charge on any atom is -0.467 e. The largest absolute Gasteiger partial charge is 0.467 e. The molecule has 1 amide bonds. The van der Waals surface area contributed by atoms with Crippen LogP contribution in [0.5, 0.6) is 5.88 Å². The second-order valence-electron chi connectivity index (χ2n) is 6.01. The molecule has 8 heteroatoms. The molecule has 0 bridgehead atoms. The zero-order valence-electron chi connectivity index (χ0n) is 14.2. The Labute approximate surface area is 155 Å². The van der Waals surface area contributed by atoms with Crippen LogP contribution in [-0.4, -0.2) is 33.8 Å². The van der Waals surface area contributed by atoms with Crippen LogP contribution < -0.4 is 15.7 Å². The van der Waals surface area contributed by atoms with E-state index in [4.69, 9.17) is 21.4 Å². The molecular weight excluding hydrogens is 358 g/mol. The predicted molar refractivity (Wildman–Crippen MR) is 96.4 cm³/mol. The van der Waals surface area contributed by atoms with Crippen molar-refractivity contribution in [3.05, 3.63) is 56.6 Å². The van der Waals surface area contributed by atoms with E-state index in [2.05, 4.69) is 10.3 Å². The van der Waals surface area contributed by atoms with Crippen LogP contribution in [0.2, 0.25) is 5.02 Å². The number of aliphatic hydroxyl groups is 1. The van der Waals surface area contributed by atoms with Crippen molar-refractivity contribution >= 4 is 17.5 Å². The van der Waals surface area contributed by atoms with Gasteiger partial charge in [0.15, 0.2) is 6.61 Å². The zero-order chi connectivity index (χ0) is 18.5. The lowest BCUT2D eigenvalue weighted by molar-refractivity contribution is -0.123. The lowest BCUT2D eigenvalue weighted by Gasteiger charge is -2.14. The number of ether oxygens (including phenoxy) is 1. The molecule has 1 aromatic carbocycles. The van der Waals surface area contributed by atoms with Crippen molar-refractivity contribution in [2.45, 2.75) is 32.4 Å². The van der Waals surface area contributed by atoms with Crippen LogP contribution in [0.25, 0.3) is 0 Å². The summed E-state index contributed by atoms with van der Waals surface area (Å²) in [5.41, 5.74) is 2.03. The number of benzene rings is 1. The Hall–Kier alpha value is -2.38. The molecule has 1 aliphatic carbocycles. The summed E-state index contributed by atoms with van der Waals surface area (Å²) < 4.78 is 6.99. The van der Waals surface area contributed by atoms with Gasteiger partial charge in [-0.05, 0) is 30.9 Å². The van der Waals surface area contributed by atoms with Crippen LogP contribution >= 0.6 is 11.6 Å². The molecule has 0 saturated heterocycles. The Kier molecular flexibility index (Phi) is 5.90.